The summed E-state index contributed by atoms with van der Waals surface area (Å²) in [6.45, 7) is 6.19. The minimum atomic E-state index is -3.68. The number of aryl methyl sites for hydroxylation is 2. The molecule has 6 nitrogen and oxygen atoms in total. The lowest BCUT2D eigenvalue weighted by atomic mass is 10.2. The van der Waals surface area contributed by atoms with Crippen LogP contribution in [0.1, 0.15) is 18.1 Å². The van der Waals surface area contributed by atoms with Crippen LogP contribution in [0.3, 0.4) is 0 Å². The van der Waals surface area contributed by atoms with Gasteiger partial charge in [-0.1, -0.05) is 29.8 Å². The first-order chi connectivity index (χ1) is 13.4. The Labute approximate surface area is 165 Å². The zero-order chi connectivity index (χ0) is 20.1. The molecule has 3 aromatic rings. The van der Waals surface area contributed by atoms with Gasteiger partial charge < -0.3 is 10.1 Å². The standard InChI is InChI=1S/C21H23N3O3S/c1-4-27-19-8-6-5-7-18(19)23-21-12-10-17(14-22-21)24-28(25,26)20-11-9-15(2)13-16(20)3/h5-14,24H,4H2,1-3H3,(H,22,23). The molecule has 0 aliphatic rings. The number of ether oxygens (including phenoxy) is 1. The fourth-order valence-corrected chi connectivity index (χ4v) is 4.10. The highest BCUT2D eigenvalue weighted by molar-refractivity contribution is 7.92. The molecule has 0 spiro atoms. The number of nitrogens with one attached hydrogen (secondary N) is 2. The number of nitrogens with zero attached hydrogens (tertiary/aromatic N) is 1. The summed E-state index contributed by atoms with van der Waals surface area (Å²) in [5.74, 6) is 1.31. The number of hydrogen-bond donors (Lipinski definition) is 2. The SMILES string of the molecule is CCOc1ccccc1Nc1ccc(NS(=O)(=O)c2ccc(C)cc2C)cn1. The highest BCUT2D eigenvalue weighted by Gasteiger charge is 2.17. The first-order valence-electron chi connectivity index (χ1n) is 8.94. The Balaban J connectivity index is 1.76. The molecule has 7 heteroatoms. The molecular weight excluding hydrogens is 374 g/mol. The van der Waals surface area contributed by atoms with E-state index in [2.05, 4.69) is 15.0 Å². The topological polar surface area (TPSA) is 80.3 Å². The van der Waals surface area contributed by atoms with Crippen molar-refractivity contribution in [2.45, 2.75) is 25.7 Å². The number of hydrogen-bond acceptors (Lipinski definition) is 5. The third-order valence-corrected chi connectivity index (χ3v) is 5.63. The van der Waals surface area contributed by atoms with Gasteiger partial charge in [0.1, 0.15) is 11.6 Å². The third kappa shape index (κ3) is 4.61. The molecule has 0 amide bonds. The normalized spacial score (nSPS) is 11.1. The second-order valence-corrected chi connectivity index (χ2v) is 8.01. The first kappa shape index (κ1) is 19.7. The van der Waals surface area contributed by atoms with Gasteiger partial charge in [-0.05, 0) is 56.7 Å². The Hall–Kier alpha value is -3.06. The zero-order valence-electron chi connectivity index (χ0n) is 16.1. The van der Waals surface area contributed by atoms with Gasteiger partial charge in [-0.25, -0.2) is 13.4 Å². The molecule has 0 aliphatic carbocycles. The van der Waals surface area contributed by atoms with Crippen molar-refractivity contribution >= 4 is 27.2 Å². The number of aromatic nitrogens is 1. The smallest absolute Gasteiger partial charge is 0.262 e. The van der Waals surface area contributed by atoms with Crippen LogP contribution in [0, 0.1) is 13.8 Å². The largest absolute Gasteiger partial charge is 0.492 e. The Morgan fingerprint density at radius 3 is 2.50 bits per heavy atom. The van der Waals surface area contributed by atoms with Crippen molar-refractivity contribution < 1.29 is 13.2 Å². The van der Waals surface area contributed by atoms with Crippen LogP contribution < -0.4 is 14.8 Å². The van der Waals surface area contributed by atoms with Gasteiger partial charge in [0.25, 0.3) is 10.0 Å². The lowest BCUT2D eigenvalue weighted by Gasteiger charge is -2.13. The Kier molecular flexibility index (Phi) is 5.84. The zero-order valence-corrected chi connectivity index (χ0v) is 16.9. The van der Waals surface area contributed by atoms with Gasteiger partial charge in [0.2, 0.25) is 0 Å². The molecule has 28 heavy (non-hydrogen) atoms. The third-order valence-electron chi connectivity index (χ3n) is 4.09. The Morgan fingerprint density at radius 1 is 1.04 bits per heavy atom. The van der Waals surface area contributed by atoms with Gasteiger partial charge in [-0.2, -0.15) is 0 Å². The van der Waals surface area contributed by atoms with Gasteiger partial charge in [0.05, 0.1) is 29.1 Å². The van der Waals surface area contributed by atoms with Crippen molar-refractivity contribution in [3.05, 3.63) is 71.9 Å². The van der Waals surface area contributed by atoms with E-state index in [-0.39, 0.29) is 4.90 Å². The van der Waals surface area contributed by atoms with Crippen molar-refractivity contribution in [2.75, 3.05) is 16.6 Å². The molecule has 0 radical (unpaired) electrons. The van der Waals surface area contributed by atoms with Crippen LogP contribution in [0.25, 0.3) is 0 Å². The molecule has 3 rings (SSSR count). The highest BCUT2D eigenvalue weighted by Crippen LogP contribution is 2.27. The van der Waals surface area contributed by atoms with Crippen molar-refractivity contribution in [3.63, 3.8) is 0 Å². The molecule has 0 bridgehead atoms. The summed E-state index contributed by atoms with van der Waals surface area (Å²) in [7, 11) is -3.68. The molecule has 1 heterocycles. The summed E-state index contributed by atoms with van der Waals surface area (Å²) in [6, 6.07) is 16.2. The maximum atomic E-state index is 12.7. The number of benzene rings is 2. The second kappa shape index (κ2) is 8.31. The van der Waals surface area contributed by atoms with Gasteiger partial charge in [0.15, 0.2) is 0 Å². The quantitative estimate of drug-likeness (QED) is 0.607. The molecule has 0 aliphatic heterocycles. The van der Waals surface area contributed by atoms with E-state index in [1.165, 1.54) is 6.20 Å². The van der Waals surface area contributed by atoms with Crippen LogP contribution in [0.4, 0.5) is 17.2 Å². The molecule has 1 aromatic heterocycles. The summed E-state index contributed by atoms with van der Waals surface area (Å²) < 4.78 is 33.5. The molecule has 0 fully saturated rings. The molecule has 0 unspecified atom stereocenters. The number of rotatable bonds is 7. The van der Waals surface area contributed by atoms with Crippen molar-refractivity contribution in [3.8, 4) is 5.75 Å². The molecular formula is C21H23N3O3S. The highest BCUT2D eigenvalue weighted by atomic mass is 32.2. The van der Waals surface area contributed by atoms with E-state index in [1.807, 2.05) is 44.2 Å². The fraction of sp³-hybridized carbons (Fsp3) is 0.190. The van der Waals surface area contributed by atoms with Crippen molar-refractivity contribution in [2.24, 2.45) is 0 Å². The average Bonchev–Trinajstić information content (AvgIpc) is 2.64. The van der Waals surface area contributed by atoms with Crippen LogP contribution >= 0.6 is 0 Å². The van der Waals surface area contributed by atoms with Crippen LogP contribution in [0.15, 0.2) is 65.7 Å². The van der Waals surface area contributed by atoms with E-state index in [1.54, 1.807) is 31.2 Å². The lowest BCUT2D eigenvalue weighted by Crippen LogP contribution is -2.14. The maximum absolute atomic E-state index is 12.7. The predicted octanol–water partition coefficient (Wildman–Crippen LogP) is 4.64. The van der Waals surface area contributed by atoms with Gasteiger partial charge in [-0.15, -0.1) is 0 Å². The Morgan fingerprint density at radius 2 is 1.82 bits per heavy atom. The molecule has 0 saturated carbocycles. The lowest BCUT2D eigenvalue weighted by molar-refractivity contribution is 0.342. The Bertz CT molecular complexity index is 1060. The minimum absolute atomic E-state index is 0.256. The van der Waals surface area contributed by atoms with Gasteiger partial charge in [-0.3, -0.25) is 4.72 Å². The number of para-hydroxylation sites is 2. The van der Waals surface area contributed by atoms with Crippen LogP contribution in [-0.2, 0) is 10.0 Å². The summed E-state index contributed by atoms with van der Waals surface area (Å²) in [5, 5.41) is 3.18. The fourth-order valence-electron chi connectivity index (χ4n) is 2.83. The summed E-state index contributed by atoms with van der Waals surface area (Å²) >= 11 is 0. The summed E-state index contributed by atoms with van der Waals surface area (Å²) in [5.41, 5.74) is 2.90. The molecule has 0 atom stereocenters. The van der Waals surface area contributed by atoms with Gasteiger partial charge in [0, 0.05) is 0 Å². The average molecular weight is 398 g/mol. The summed E-state index contributed by atoms with van der Waals surface area (Å²) in [6.07, 6.45) is 1.48. The molecule has 146 valence electrons. The maximum Gasteiger partial charge on any atom is 0.262 e. The van der Waals surface area contributed by atoms with Crippen molar-refractivity contribution in [1.82, 2.24) is 4.98 Å². The van der Waals surface area contributed by atoms with E-state index >= 15 is 0 Å². The molecule has 2 N–H and O–H groups in total. The minimum Gasteiger partial charge on any atom is -0.492 e. The second-order valence-electron chi connectivity index (χ2n) is 6.36. The van der Waals surface area contributed by atoms with E-state index in [9.17, 15) is 8.42 Å². The number of pyridine rings is 1. The van der Waals surface area contributed by atoms with Crippen molar-refractivity contribution in [1.29, 1.82) is 0 Å². The van der Waals surface area contributed by atoms with E-state index < -0.39 is 10.0 Å². The predicted molar refractivity (Wildman–Crippen MR) is 112 cm³/mol. The first-order valence-corrected chi connectivity index (χ1v) is 10.4. The van der Waals surface area contributed by atoms with Crippen LogP contribution in [-0.4, -0.2) is 20.0 Å². The number of anilines is 3. The van der Waals surface area contributed by atoms with Crippen LogP contribution in [0.5, 0.6) is 5.75 Å². The van der Waals surface area contributed by atoms with E-state index in [0.717, 1.165) is 17.0 Å². The number of sulfonamides is 1. The van der Waals surface area contributed by atoms with E-state index in [4.69, 9.17) is 4.74 Å². The monoisotopic (exact) mass is 397 g/mol. The summed E-state index contributed by atoms with van der Waals surface area (Å²) in [4.78, 5) is 4.55. The molecule has 0 saturated heterocycles. The van der Waals surface area contributed by atoms with Crippen LogP contribution in [0.2, 0.25) is 0 Å². The van der Waals surface area contributed by atoms with E-state index in [0.29, 0.717) is 23.7 Å². The van der Waals surface area contributed by atoms with Gasteiger partial charge >= 0.3 is 0 Å². The molecule has 2 aromatic carbocycles.